The second kappa shape index (κ2) is 14.2. The van der Waals surface area contributed by atoms with Crippen molar-refractivity contribution in [3.63, 3.8) is 0 Å². The second-order valence-corrected chi connectivity index (χ2v) is 8.74. The van der Waals surface area contributed by atoms with Gasteiger partial charge in [-0.05, 0) is 30.9 Å². The molecule has 0 bridgehead atoms. The molecule has 2 nitrogen and oxygen atoms in total. The number of halogens is 4. The zero-order valence-electron chi connectivity index (χ0n) is 11.9. The Hall–Kier alpha value is 0.610. The zero-order valence-corrected chi connectivity index (χ0v) is 18.2. The van der Waals surface area contributed by atoms with Crippen molar-refractivity contribution in [3.8, 4) is 0 Å². The van der Waals surface area contributed by atoms with E-state index in [0.29, 0.717) is 9.30 Å². The van der Waals surface area contributed by atoms with Crippen LogP contribution in [0.1, 0.15) is 43.0 Å². The molecule has 0 spiro atoms. The maximum Gasteiger partial charge on any atom is 0.349 e. The van der Waals surface area contributed by atoms with E-state index in [-0.39, 0.29) is 5.97 Å². The number of alkyl halides is 3. The molecule has 1 unspecified atom stereocenters. The third kappa shape index (κ3) is 10.9. The van der Waals surface area contributed by atoms with Gasteiger partial charge in [-0.3, -0.25) is 0 Å². The van der Waals surface area contributed by atoms with Gasteiger partial charge in [-0.1, -0.05) is 85.8 Å². The Labute approximate surface area is 161 Å². The van der Waals surface area contributed by atoms with Crippen LogP contribution in [0.15, 0.2) is 30.3 Å². The molecule has 1 aromatic rings. The molecular formula is C15H20Br4O2. The minimum atomic E-state index is -0.374. The molecular weight excluding hydrogens is 532 g/mol. The Balaban J connectivity index is 0.000000382. The first-order valence-corrected chi connectivity index (χ1v) is 10.4. The minimum absolute atomic E-state index is 0.374. The van der Waals surface area contributed by atoms with Crippen LogP contribution in [0, 0.1) is 5.92 Å². The molecule has 0 radical (unpaired) electrons. The van der Waals surface area contributed by atoms with Crippen molar-refractivity contribution in [3.05, 3.63) is 35.9 Å². The fraction of sp³-hybridized carbons (Fsp3) is 0.533. The van der Waals surface area contributed by atoms with Crippen molar-refractivity contribution in [1.29, 1.82) is 0 Å². The summed E-state index contributed by atoms with van der Waals surface area (Å²) < 4.78 is 4.81. The number of rotatable bonds is 7. The molecule has 21 heavy (non-hydrogen) atoms. The molecule has 0 amide bonds. The van der Waals surface area contributed by atoms with Crippen LogP contribution in [0.25, 0.3) is 0 Å². The molecule has 0 heterocycles. The van der Waals surface area contributed by atoms with Crippen LogP contribution >= 0.6 is 64.0 Å². The first-order chi connectivity index (χ1) is 10.1. The van der Waals surface area contributed by atoms with Crippen molar-refractivity contribution >= 4 is 70.0 Å². The summed E-state index contributed by atoms with van der Waals surface area (Å²) in [5.41, 5.74) is 0.541. The molecule has 0 N–H and O–H groups in total. The van der Waals surface area contributed by atoms with Crippen molar-refractivity contribution in [2.75, 3.05) is 5.33 Å². The highest BCUT2D eigenvalue weighted by Crippen LogP contribution is 2.27. The van der Waals surface area contributed by atoms with Gasteiger partial charge in [0.2, 0.25) is 0 Å². The summed E-state index contributed by atoms with van der Waals surface area (Å²) in [6, 6.07) is 8.76. The van der Waals surface area contributed by atoms with Gasteiger partial charge in [0.1, 0.15) is 0 Å². The van der Waals surface area contributed by atoms with Crippen molar-refractivity contribution < 1.29 is 8.62 Å². The van der Waals surface area contributed by atoms with Crippen molar-refractivity contribution in [1.82, 2.24) is 0 Å². The van der Waals surface area contributed by atoms with Gasteiger partial charge in [-0.15, -0.1) is 0 Å². The predicted octanol–water partition coefficient (Wildman–Crippen LogP) is 6.85. The Morgan fingerprint density at radius 1 is 1.19 bits per heavy atom. The van der Waals surface area contributed by atoms with Crippen LogP contribution in [0.4, 0.5) is 0 Å². The van der Waals surface area contributed by atoms with E-state index < -0.39 is 0 Å². The first-order valence-electron chi connectivity index (χ1n) is 6.78. The van der Waals surface area contributed by atoms with Crippen LogP contribution in [0.3, 0.4) is 0 Å². The quantitative estimate of drug-likeness (QED) is 0.274. The maximum atomic E-state index is 10.7. The lowest BCUT2D eigenvalue weighted by Crippen LogP contribution is -2.06. The highest BCUT2D eigenvalue weighted by molar-refractivity contribution is 9.24. The van der Waals surface area contributed by atoms with Gasteiger partial charge < -0.3 is 3.83 Å². The van der Waals surface area contributed by atoms with Gasteiger partial charge in [-0.2, -0.15) is 0 Å². The van der Waals surface area contributed by atoms with Gasteiger partial charge in [0.05, 0.1) is 9.30 Å². The summed E-state index contributed by atoms with van der Waals surface area (Å²) in [6.07, 6.45) is 5.20. The largest absolute Gasteiger partial charge is 0.380 e. The van der Waals surface area contributed by atoms with Gasteiger partial charge in [0.25, 0.3) is 0 Å². The molecule has 0 saturated heterocycles. The van der Waals surface area contributed by atoms with Crippen LogP contribution in [-0.2, 0) is 3.83 Å². The van der Waals surface area contributed by atoms with E-state index in [1.165, 1.54) is 25.7 Å². The number of unbranched alkanes of at least 4 members (excludes halogenated alkanes) is 1. The van der Waals surface area contributed by atoms with E-state index in [9.17, 15) is 4.79 Å². The summed E-state index contributed by atoms with van der Waals surface area (Å²) in [5, 5.41) is 1.14. The maximum absolute atomic E-state index is 10.7. The fourth-order valence-electron chi connectivity index (χ4n) is 1.63. The molecule has 1 rings (SSSR count). The fourth-order valence-corrected chi connectivity index (χ4v) is 3.49. The van der Waals surface area contributed by atoms with E-state index in [4.69, 9.17) is 0 Å². The third-order valence-electron chi connectivity index (χ3n) is 2.92. The predicted molar refractivity (Wildman–Crippen MR) is 104 cm³/mol. The third-order valence-corrected chi connectivity index (χ3v) is 5.27. The Kier molecular flexibility index (Phi) is 14.6. The van der Waals surface area contributed by atoms with Crippen LogP contribution < -0.4 is 0 Å². The highest BCUT2D eigenvalue weighted by Gasteiger charge is 2.12. The van der Waals surface area contributed by atoms with Gasteiger partial charge >= 0.3 is 5.97 Å². The van der Waals surface area contributed by atoms with E-state index in [1.807, 2.05) is 6.07 Å². The average Bonchev–Trinajstić information content (AvgIpc) is 2.52. The van der Waals surface area contributed by atoms with Crippen LogP contribution in [-0.4, -0.2) is 15.0 Å². The summed E-state index contributed by atoms with van der Waals surface area (Å²) in [6.45, 7) is 2.24. The summed E-state index contributed by atoms with van der Waals surface area (Å²) in [4.78, 5) is 10.7. The topological polar surface area (TPSA) is 26.3 Å². The normalized spacial score (nSPS) is 11.5. The average molecular weight is 552 g/mol. The number of carbonyl (C=O) groups is 1. The lowest BCUT2D eigenvalue weighted by molar-refractivity contribution is 0.0782. The van der Waals surface area contributed by atoms with Gasteiger partial charge in [0.15, 0.2) is 16.3 Å². The van der Waals surface area contributed by atoms with Gasteiger partial charge in [0, 0.05) is 5.33 Å². The van der Waals surface area contributed by atoms with E-state index in [1.54, 1.807) is 24.3 Å². The lowest BCUT2D eigenvalue weighted by Gasteiger charge is -2.15. The summed E-state index contributed by atoms with van der Waals surface area (Å²) in [5.74, 6) is 0.412. The molecule has 0 fully saturated rings. The monoisotopic (exact) mass is 548 g/mol. The first kappa shape index (κ1) is 21.6. The highest BCUT2D eigenvalue weighted by atomic mass is 79.9. The Morgan fingerprint density at radius 3 is 2.24 bits per heavy atom. The van der Waals surface area contributed by atoms with Crippen molar-refractivity contribution in [2.24, 2.45) is 5.92 Å². The van der Waals surface area contributed by atoms with Gasteiger partial charge in [-0.25, -0.2) is 4.79 Å². The molecule has 0 aliphatic carbocycles. The smallest absolute Gasteiger partial charge is 0.349 e. The summed E-state index contributed by atoms with van der Waals surface area (Å²) >= 11 is 13.2. The standard InChI is InChI=1S/C8H15Br3.C7H5BrO2/c1-2-7(8(10)11)5-3-4-6-9;8-10-7(9)6-4-2-1-3-5-6/h7-8H,2-6H2,1H3;1-5H. The van der Waals surface area contributed by atoms with E-state index in [0.717, 1.165) is 11.2 Å². The molecule has 1 atom stereocenters. The molecule has 0 aromatic heterocycles. The number of carbonyl (C=O) groups excluding carboxylic acids is 1. The molecule has 0 aliphatic rings. The van der Waals surface area contributed by atoms with Crippen LogP contribution in [0.2, 0.25) is 0 Å². The van der Waals surface area contributed by atoms with Crippen LogP contribution in [0.5, 0.6) is 0 Å². The second-order valence-electron chi connectivity index (χ2n) is 4.42. The Bertz CT molecular complexity index is 371. The SMILES string of the molecule is CCC(CCCCBr)C(Br)Br.O=C(OBr)c1ccccc1. The minimum Gasteiger partial charge on any atom is -0.380 e. The summed E-state index contributed by atoms with van der Waals surface area (Å²) in [7, 11) is 0. The number of hydrogen-bond donors (Lipinski definition) is 0. The molecule has 120 valence electrons. The lowest BCUT2D eigenvalue weighted by atomic mass is 10.0. The number of hydrogen-bond acceptors (Lipinski definition) is 2. The van der Waals surface area contributed by atoms with E-state index in [2.05, 4.69) is 74.8 Å². The van der Waals surface area contributed by atoms with E-state index >= 15 is 0 Å². The Morgan fingerprint density at radius 2 is 1.81 bits per heavy atom. The van der Waals surface area contributed by atoms with Crippen molar-refractivity contribution in [2.45, 2.75) is 36.3 Å². The molecule has 0 saturated carbocycles. The zero-order chi connectivity index (χ0) is 16.1. The number of benzene rings is 1. The molecule has 1 aromatic carbocycles. The molecule has 6 heteroatoms. The molecule has 0 aliphatic heterocycles.